The maximum absolute atomic E-state index is 13.3. The Morgan fingerprint density at radius 1 is 1.26 bits per heavy atom. The molecule has 1 saturated heterocycles. The van der Waals surface area contributed by atoms with Crippen molar-refractivity contribution >= 4 is 51.9 Å². The Morgan fingerprint density at radius 2 is 2.04 bits per heavy atom. The highest BCUT2D eigenvalue weighted by Gasteiger charge is 2.32. The Kier molecular flexibility index (Phi) is 5.88. The van der Waals surface area contributed by atoms with E-state index in [0.717, 1.165) is 11.8 Å². The van der Waals surface area contributed by atoms with E-state index in [9.17, 15) is 19.1 Å². The van der Waals surface area contributed by atoms with Gasteiger partial charge >= 0.3 is 0 Å². The van der Waals surface area contributed by atoms with Gasteiger partial charge in [-0.05, 0) is 35.9 Å². The van der Waals surface area contributed by atoms with Crippen LogP contribution in [0.25, 0.3) is 6.08 Å². The van der Waals surface area contributed by atoms with Crippen molar-refractivity contribution in [2.45, 2.75) is 6.42 Å². The number of hydrogen-bond acceptors (Lipinski definition) is 5. The number of carbonyl (C=O) groups excluding carboxylic acids is 2. The number of thiocarbonyl (C=S) groups is 1. The number of carbonyl (C=O) groups is 2. The van der Waals surface area contributed by atoms with Crippen LogP contribution in [0.2, 0.25) is 0 Å². The summed E-state index contributed by atoms with van der Waals surface area (Å²) in [4.78, 5) is 26.3. The molecule has 2 N–H and O–H groups in total. The maximum atomic E-state index is 13.3. The lowest BCUT2D eigenvalue weighted by atomic mass is 10.2. The maximum Gasteiger partial charge on any atom is 0.266 e. The second kappa shape index (κ2) is 8.32. The molecule has 1 aliphatic rings. The van der Waals surface area contributed by atoms with Gasteiger partial charge in [0, 0.05) is 13.0 Å². The quantitative estimate of drug-likeness (QED) is 0.453. The van der Waals surface area contributed by atoms with Gasteiger partial charge in [-0.25, -0.2) is 4.39 Å². The van der Waals surface area contributed by atoms with E-state index in [1.165, 1.54) is 23.1 Å². The molecule has 1 aliphatic heterocycles. The average Bonchev–Trinajstić information content (AvgIpc) is 2.88. The molecule has 27 heavy (non-hydrogen) atoms. The van der Waals surface area contributed by atoms with E-state index >= 15 is 0 Å². The lowest BCUT2D eigenvalue weighted by molar-refractivity contribution is -0.122. The third-order valence-corrected chi connectivity index (χ3v) is 5.14. The van der Waals surface area contributed by atoms with Crippen LogP contribution >= 0.6 is 24.0 Å². The van der Waals surface area contributed by atoms with Crippen molar-refractivity contribution in [3.8, 4) is 5.75 Å². The Labute approximate surface area is 164 Å². The minimum atomic E-state index is -0.389. The van der Waals surface area contributed by atoms with E-state index in [1.54, 1.807) is 36.4 Å². The lowest BCUT2D eigenvalue weighted by Gasteiger charge is -2.14. The molecular weight excluding hydrogens is 387 g/mol. The van der Waals surface area contributed by atoms with Crippen molar-refractivity contribution < 1.29 is 19.1 Å². The van der Waals surface area contributed by atoms with E-state index in [-0.39, 0.29) is 36.3 Å². The molecule has 0 radical (unpaired) electrons. The number of halogens is 1. The van der Waals surface area contributed by atoms with Gasteiger partial charge in [0.1, 0.15) is 15.9 Å². The van der Waals surface area contributed by atoms with Gasteiger partial charge < -0.3 is 10.4 Å². The van der Waals surface area contributed by atoms with Crippen LogP contribution in [0.5, 0.6) is 5.75 Å². The first-order valence-corrected chi connectivity index (χ1v) is 9.25. The largest absolute Gasteiger partial charge is 0.506 e. The predicted octanol–water partition coefficient (Wildman–Crippen LogP) is 3.76. The number of aromatic hydroxyl groups is 1. The summed E-state index contributed by atoms with van der Waals surface area (Å²) in [5.74, 6) is -1.08. The molecule has 1 heterocycles. The van der Waals surface area contributed by atoms with E-state index in [0.29, 0.717) is 20.5 Å². The molecule has 2 aromatic carbocycles. The number of phenolic OH excluding ortho intramolecular Hbond substituents is 1. The van der Waals surface area contributed by atoms with Crippen LogP contribution in [0.1, 0.15) is 12.0 Å². The van der Waals surface area contributed by atoms with Gasteiger partial charge in [0.05, 0.1) is 10.6 Å². The Balaban J connectivity index is 1.62. The van der Waals surface area contributed by atoms with Gasteiger partial charge in [-0.3, -0.25) is 14.5 Å². The number of hydrogen-bond donors (Lipinski definition) is 2. The van der Waals surface area contributed by atoms with Crippen LogP contribution < -0.4 is 5.32 Å². The molecule has 0 aliphatic carbocycles. The SMILES string of the molecule is O=C(CCN1C(=O)/C(=C/c2cccc(F)c2)SC1=S)Nc1ccccc1O. The number of phenols is 1. The third-order valence-electron chi connectivity index (χ3n) is 3.76. The summed E-state index contributed by atoms with van der Waals surface area (Å²) in [6.07, 6.45) is 1.60. The number of amides is 2. The monoisotopic (exact) mass is 402 g/mol. The van der Waals surface area contributed by atoms with E-state index in [1.807, 2.05) is 0 Å². The topological polar surface area (TPSA) is 69.6 Å². The molecule has 2 amide bonds. The molecule has 0 spiro atoms. The van der Waals surface area contributed by atoms with Crippen molar-refractivity contribution in [2.24, 2.45) is 0 Å². The Bertz CT molecular complexity index is 946. The van der Waals surface area contributed by atoms with Crippen LogP contribution in [0, 0.1) is 5.82 Å². The summed E-state index contributed by atoms with van der Waals surface area (Å²) < 4.78 is 13.6. The van der Waals surface area contributed by atoms with Gasteiger partial charge in [-0.15, -0.1) is 0 Å². The average molecular weight is 402 g/mol. The van der Waals surface area contributed by atoms with Crippen LogP contribution in [-0.4, -0.2) is 32.7 Å². The molecule has 138 valence electrons. The van der Waals surface area contributed by atoms with Gasteiger partial charge in [0.15, 0.2) is 0 Å². The first kappa shape index (κ1) is 19.1. The smallest absolute Gasteiger partial charge is 0.266 e. The first-order chi connectivity index (χ1) is 12.9. The van der Waals surface area contributed by atoms with E-state index in [2.05, 4.69) is 5.32 Å². The number of nitrogens with one attached hydrogen (secondary N) is 1. The van der Waals surface area contributed by atoms with Gasteiger partial charge in [-0.2, -0.15) is 0 Å². The number of anilines is 1. The molecule has 0 aromatic heterocycles. The molecule has 1 fully saturated rings. The normalized spacial score (nSPS) is 15.4. The van der Waals surface area contributed by atoms with Gasteiger partial charge in [0.2, 0.25) is 5.91 Å². The second-order valence-electron chi connectivity index (χ2n) is 5.70. The summed E-state index contributed by atoms with van der Waals surface area (Å²) in [5.41, 5.74) is 0.867. The highest BCUT2D eigenvalue weighted by atomic mass is 32.2. The standard InChI is InChI=1S/C19H15FN2O3S2/c20-13-5-3-4-12(10-13)11-16-18(25)22(19(26)27-16)9-8-17(24)21-14-6-1-2-7-15(14)23/h1-7,10-11,23H,8-9H2,(H,21,24)/b16-11-. The van der Waals surface area contributed by atoms with Crippen molar-refractivity contribution in [1.29, 1.82) is 0 Å². The summed E-state index contributed by atoms with van der Waals surface area (Å²) in [5, 5.41) is 12.3. The summed E-state index contributed by atoms with van der Waals surface area (Å²) in [6.45, 7) is 0.116. The molecule has 5 nitrogen and oxygen atoms in total. The van der Waals surface area contributed by atoms with Crippen LogP contribution in [0.15, 0.2) is 53.4 Å². The fraction of sp³-hybridized carbons (Fsp3) is 0.105. The first-order valence-electron chi connectivity index (χ1n) is 8.03. The predicted molar refractivity (Wildman–Crippen MR) is 108 cm³/mol. The third kappa shape index (κ3) is 4.72. The number of para-hydroxylation sites is 2. The molecule has 0 atom stereocenters. The lowest BCUT2D eigenvalue weighted by Crippen LogP contribution is -2.31. The second-order valence-corrected chi connectivity index (χ2v) is 7.38. The van der Waals surface area contributed by atoms with Gasteiger partial charge in [0.25, 0.3) is 5.91 Å². The number of nitrogens with zero attached hydrogens (tertiary/aromatic N) is 1. The highest BCUT2D eigenvalue weighted by molar-refractivity contribution is 8.26. The zero-order chi connectivity index (χ0) is 19.4. The molecular formula is C19H15FN2O3S2. The van der Waals surface area contributed by atoms with Crippen molar-refractivity contribution in [2.75, 3.05) is 11.9 Å². The number of thioether (sulfide) groups is 1. The molecule has 8 heteroatoms. The van der Waals surface area contributed by atoms with Crippen molar-refractivity contribution in [3.05, 3.63) is 64.8 Å². The Morgan fingerprint density at radius 3 is 2.78 bits per heavy atom. The summed E-state index contributed by atoms with van der Waals surface area (Å²) >= 11 is 6.34. The summed E-state index contributed by atoms with van der Waals surface area (Å²) in [7, 11) is 0. The minimum Gasteiger partial charge on any atom is -0.506 e. The molecule has 0 bridgehead atoms. The molecule has 0 unspecified atom stereocenters. The zero-order valence-electron chi connectivity index (χ0n) is 14.0. The fourth-order valence-corrected chi connectivity index (χ4v) is 3.75. The van der Waals surface area contributed by atoms with Gasteiger partial charge in [-0.1, -0.05) is 48.2 Å². The fourth-order valence-electron chi connectivity index (χ4n) is 2.45. The van der Waals surface area contributed by atoms with Crippen LogP contribution in [-0.2, 0) is 9.59 Å². The molecule has 0 saturated carbocycles. The molecule has 3 rings (SSSR count). The summed E-state index contributed by atoms with van der Waals surface area (Å²) in [6, 6.07) is 12.3. The number of rotatable bonds is 5. The zero-order valence-corrected chi connectivity index (χ0v) is 15.6. The van der Waals surface area contributed by atoms with E-state index in [4.69, 9.17) is 12.2 Å². The van der Waals surface area contributed by atoms with Crippen molar-refractivity contribution in [3.63, 3.8) is 0 Å². The van der Waals surface area contributed by atoms with E-state index < -0.39 is 0 Å². The van der Waals surface area contributed by atoms with Crippen LogP contribution in [0.3, 0.4) is 0 Å². The van der Waals surface area contributed by atoms with Crippen molar-refractivity contribution in [1.82, 2.24) is 4.90 Å². The van der Waals surface area contributed by atoms with Crippen LogP contribution in [0.4, 0.5) is 10.1 Å². The minimum absolute atomic E-state index is 0.0218. The highest BCUT2D eigenvalue weighted by Crippen LogP contribution is 2.32. The Hall–Kier alpha value is -2.71. The molecule has 2 aromatic rings. The number of benzene rings is 2.